The molecule has 140 valence electrons. The van der Waals surface area contributed by atoms with Crippen LogP contribution in [0.2, 0.25) is 0 Å². The SMILES string of the molecule is CC1(C)C[C@]2(C)C[C@@H]1CN(C(=O)N1c3ccccc3Sc3ccccc31)C2. The lowest BCUT2D eigenvalue weighted by molar-refractivity contribution is 0.122. The number of nitrogens with zero attached hydrogens (tertiary/aromatic N) is 2. The minimum Gasteiger partial charge on any atom is -0.323 e. The summed E-state index contributed by atoms with van der Waals surface area (Å²) in [5.41, 5.74) is 2.57. The van der Waals surface area contributed by atoms with Gasteiger partial charge in [-0.3, -0.25) is 4.90 Å². The Balaban J connectivity index is 1.55. The van der Waals surface area contributed by atoms with Crippen LogP contribution in [0.3, 0.4) is 0 Å². The van der Waals surface area contributed by atoms with Crippen LogP contribution in [0.1, 0.15) is 33.6 Å². The van der Waals surface area contributed by atoms with E-state index in [9.17, 15) is 4.79 Å². The lowest BCUT2D eigenvalue weighted by Crippen LogP contribution is -2.50. The van der Waals surface area contributed by atoms with Gasteiger partial charge in [0.2, 0.25) is 0 Å². The van der Waals surface area contributed by atoms with Crippen LogP contribution in [0.15, 0.2) is 58.3 Å². The predicted molar refractivity (Wildman–Crippen MR) is 111 cm³/mol. The number of piperidine rings is 1. The number of fused-ring (bicyclic) bond motifs is 4. The summed E-state index contributed by atoms with van der Waals surface area (Å²) < 4.78 is 0. The first-order chi connectivity index (χ1) is 12.9. The molecule has 2 amide bonds. The monoisotopic (exact) mass is 378 g/mol. The molecular formula is C23H26N2OS. The molecule has 1 saturated heterocycles. The number of carbonyl (C=O) groups is 1. The van der Waals surface area contributed by atoms with Gasteiger partial charge in [0.25, 0.3) is 0 Å². The van der Waals surface area contributed by atoms with Crippen LogP contribution in [0.4, 0.5) is 16.2 Å². The molecule has 27 heavy (non-hydrogen) atoms. The quantitative estimate of drug-likeness (QED) is 0.547. The molecule has 1 saturated carbocycles. The van der Waals surface area contributed by atoms with Gasteiger partial charge in [0.05, 0.1) is 11.4 Å². The number of anilines is 2. The van der Waals surface area contributed by atoms with Crippen molar-refractivity contribution in [1.82, 2.24) is 4.90 Å². The Bertz CT molecular complexity index is 879. The van der Waals surface area contributed by atoms with Crippen molar-refractivity contribution >= 4 is 29.2 Å². The van der Waals surface area contributed by atoms with Gasteiger partial charge in [0, 0.05) is 22.9 Å². The van der Waals surface area contributed by atoms with Gasteiger partial charge in [-0.2, -0.15) is 0 Å². The smallest absolute Gasteiger partial charge is 0.323 e. The molecule has 2 fully saturated rings. The Kier molecular flexibility index (Phi) is 3.68. The predicted octanol–water partition coefficient (Wildman–Crippen LogP) is 6.17. The first kappa shape index (κ1) is 17.2. The van der Waals surface area contributed by atoms with Crippen LogP contribution in [0.5, 0.6) is 0 Å². The van der Waals surface area contributed by atoms with Crippen LogP contribution >= 0.6 is 11.8 Å². The maximum Gasteiger partial charge on any atom is 0.329 e. The van der Waals surface area contributed by atoms with Crippen molar-refractivity contribution in [3.8, 4) is 0 Å². The van der Waals surface area contributed by atoms with Crippen molar-refractivity contribution in [2.24, 2.45) is 16.7 Å². The Hall–Kier alpha value is -1.94. The number of carbonyl (C=O) groups excluding carboxylic acids is 1. The molecule has 5 rings (SSSR count). The number of hydrogen-bond acceptors (Lipinski definition) is 2. The van der Waals surface area contributed by atoms with E-state index in [4.69, 9.17) is 0 Å². The number of likely N-dealkylation sites (tertiary alicyclic amines) is 1. The highest BCUT2D eigenvalue weighted by Gasteiger charge is 2.53. The lowest BCUT2D eigenvalue weighted by Gasteiger charge is -2.42. The van der Waals surface area contributed by atoms with Gasteiger partial charge in [0.1, 0.15) is 0 Å². The van der Waals surface area contributed by atoms with Gasteiger partial charge < -0.3 is 4.90 Å². The maximum atomic E-state index is 13.8. The average Bonchev–Trinajstić information content (AvgIpc) is 2.81. The molecule has 0 N–H and O–H groups in total. The molecule has 2 aromatic rings. The summed E-state index contributed by atoms with van der Waals surface area (Å²) in [5, 5.41) is 0. The van der Waals surface area contributed by atoms with E-state index in [-0.39, 0.29) is 11.4 Å². The zero-order valence-corrected chi connectivity index (χ0v) is 17.1. The Morgan fingerprint density at radius 2 is 1.59 bits per heavy atom. The zero-order valence-electron chi connectivity index (χ0n) is 16.2. The highest BCUT2D eigenvalue weighted by Crippen LogP contribution is 2.56. The summed E-state index contributed by atoms with van der Waals surface area (Å²) in [6, 6.07) is 16.6. The van der Waals surface area contributed by atoms with Crippen molar-refractivity contribution in [3.05, 3.63) is 48.5 Å². The van der Waals surface area contributed by atoms with Crippen molar-refractivity contribution in [2.45, 2.75) is 43.4 Å². The standard InChI is InChI=1S/C23H26N2OS/c1-22(2)14-23(3)12-16(22)13-24(15-23)21(26)25-17-8-4-6-10-19(17)27-20-11-7-5-9-18(20)25/h4-11,16H,12-15H2,1-3H3/t16-,23+/m1/s1. The van der Waals surface area contributed by atoms with Gasteiger partial charge >= 0.3 is 6.03 Å². The van der Waals surface area contributed by atoms with Crippen molar-refractivity contribution in [1.29, 1.82) is 0 Å². The normalized spacial score (nSPS) is 27.9. The molecule has 2 atom stereocenters. The summed E-state index contributed by atoms with van der Waals surface area (Å²) in [7, 11) is 0. The first-order valence-corrected chi connectivity index (χ1v) is 10.6. The largest absolute Gasteiger partial charge is 0.329 e. The third-order valence-electron chi connectivity index (χ3n) is 6.63. The summed E-state index contributed by atoms with van der Waals surface area (Å²) in [4.78, 5) is 20.2. The number of rotatable bonds is 0. The third-order valence-corrected chi connectivity index (χ3v) is 7.76. The first-order valence-electron chi connectivity index (χ1n) is 9.81. The van der Waals surface area contributed by atoms with E-state index in [1.54, 1.807) is 11.8 Å². The molecule has 3 aliphatic rings. The maximum absolute atomic E-state index is 13.8. The van der Waals surface area contributed by atoms with Crippen LogP contribution in [-0.4, -0.2) is 24.0 Å². The van der Waals surface area contributed by atoms with Crippen molar-refractivity contribution in [2.75, 3.05) is 18.0 Å². The van der Waals surface area contributed by atoms with Gasteiger partial charge in [-0.15, -0.1) is 0 Å². The van der Waals surface area contributed by atoms with Gasteiger partial charge in [-0.1, -0.05) is 56.8 Å². The van der Waals surface area contributed by atoms with E-state index in [1.807, 2.05) is 29.2 Å². The third kappa shape index (κ3) is 2.68. The van der Waals surface area contributed by atoms with Crippen molar-refractivity contribution < 1.29 is 4.79 Å². The Morgan fingerprint density at radius 1 is 1.00 bits per heavy atom. The topological polar surface area (TPSA) is 23.6 Å². The zero-order chi connectivity index (χ0) is 18.8. The summed E-state index contributed by atoms with van der Waals surface area (Å²) in [5.74, 6) is 0.588. The van der Waals surface area contributed by atoms with Crippen molar-refractivity contribution in [3.63, 3.8) is 0 Å². The second-order valence-corrected chi connectivity index (χ2v) is 10.5. The molecule has 1 aliphatic carbocycles. The fourth-order valence-electron chi connectivity index (χ4n) is 5.61. The minimum absolute atomic E-state index is 0.129. The molecule has 0 spiro atoms. The summed E-state index contributed by atoms with van der Waals surface area (Å²) in [6.45, 7) is 8.84. The van der Waals surface area contributed by atoms with E-state index >= 15 is 0 Å². The molecule has 0 radical (unpaired) electrons. The highest BCUT2D eigenvalue weighted by molar-refractivity contribution is 7.99. The molecule has 2 aromatic carbocycles. The molecule has 0 aromatic heterocycles. The highest BCUT2D eigenvalue weighted by atomic mass is 32.2. The average molecular weight is 379 g/mol. The molecule has 2 aliphatic heterocycles. The summed E-state index contributed by atoms with van der Waals surface area (Å²) in [6.07, 6.45) is 2.45. The molecule has 0 unspecified atom stereocenters. The fraction of sp³-hybridized carbons (Fsp3) is 0.435. The van der Waals surface area contributed by atoms with Gasteiger partial charge in [0.15, 0.2) is 0 Å². The molecule has 4 heteroatoms. The van der Waals surface area contributed by atoms with Gasteiger partial charge in [-0.25, -0.2) is 4.79 Å². The number of hydrogen-bond donors (Lipinski definition) is 0. The lowest BCUT2D eigenvalue weighted by atomic mass is 9.82. The minimum atomic E-state index is 0.129. The second-order valence-electron chi connectivity index (χ2n) is 9.41. The fourth-order valence-corrected chi connectivity index (χ4v) is 6.67. The molecule has 2 bridgehead atoms. The summed E-state index contributed by atoms with van der Waals surface area (Å²) >= 11 is 1.75. The van der Waals surface area contributed by atoms with E-state index in [2.05, 4.69) is 49.9 Å². The number of urea groups is 1. The Morgan fingerprint density at radius 3 is 2.19 bits per heavy atom. The molecule has 3 nitrogen and oxygen atoms in total. The number of para-hydroxylation sites is 2. The van der Waals surface area contributed by atoms with Crippen LogP contribution in [0.25, 0.3) is 0 Å². The van der Waals surface area contributed by atoms with Crippen LogP contribution < -0.4 is 4.90 Å². The van der Waals surface area contributed by atoms with E-state index in [0.717, 1.165) is 34.3 Å². The number of amides is 2. The Labute approximate surface area is 165 Å². The van der Waals surface area contributed by atoms with Crippen LogP contribution in [-0.2, 0) is 0 Å². The molecular weight excluding hydrogens is 352 g/mol. The van der Waals surface area contributed by atoms with Gasteiger partial charge in [-0.05, 0) is 53.9 Å². The van der Waals surface area contributed by atoms with E-state index in [0.29, 0.717) is 11.3 Å². The number of benzene rings is 2. The molecule has 2 heterocycles. The van der Waals surface area contributed by atoms with Crippen LogP contribution in [0, 0.1) is 16.7 Å². The van der Waals surface area contributed by atoms with E-state index < -0.39 is 0 Å². The van der Waals surface area contributed by atoms with E-state index in [1.165, 1.54) is 12.8 Å². The second kappa shape index (κ2) is 5.78.